The molecule has 1 saturated heterocycles. The topological polar surface area (TPSA) is 69.3 Å². The van der Waals surface area contributed by atoms with Crippen molar-refractivity contribution >= 4 is 39.1 Å². The molecular formula is C19H19ClN4O2S. The molecule has 0 bridgehead atoms. The van der Waals surface area contributed by atoms with Crippen molar-refractivity contribution in [2.24, 2.45) is 0 Å². The Morgan fingerprint density at radius 3 is 2.59 bits per heavy atom. The number of carbonyl (C=O) groups is 1. The van der Waals surface area contributed by atoms with Crippen LogP contribution >= 0.6 is 22.9 Å². The van der Waals surface area contributed by atoms with Crippen molar-refractivity contribution in [2.75, 3.05) is 26.2 Å². The van der Waals surface area contributed by atoms with Crippen molar-refractivity contribution in [2.45, 2.75) is 13.5 Å². The van der Waals surface area contributed by atoms with Gasteiger partial charge in [-0.1, -0.05) is 23.7 Å². The molecule has 0 spiro atoms. The number of aromatic amines is 1. The first-order valence-electron chi connectivity index (χ1n) is 8.75. The van der Waals surface area contributed by atoms with E-state index in [-0.39, 0.29) is 11.5 Å². The smallest absolute Gasteiger partial charge is 0.260 e. The molecule has 1 aliphatic rings. The summed E-state index contributed by atoms with van der Waals surface area (Å²) in [6, 6.07) is 7.45. The Labute approximate surface area is 165 Å². The molecule has 1 fully saturated rings. The van der Waals surface area contributed by atoms with Gasteiger partial charge in [-0.15, -0.1) is 11.3 Å². The standard InChI is InChI=1S/C19H19ClN4O2S/c1-12(25)24-8-6-23(7-9-24)10-16-21-18(26)17-15(11-27-19(17)22-16)13-2-4-14(20)5-3-13/h2-5,11H,6-10H2,1H3,(H,21,22,26). The number of nitrogens with zero attached hydrogens (tertiary/aromatic N) is 3. The minimum absolute atomic E-state index is 0.107. The van der Waals surface area contributed by atoms with E-state index < -0.39 is 0 Å². The van der Waals surface area contributed by atoms with E-state index in [1.807, 2.05) is 34.5 Å². The van der Waals surface area contributed by atoms with Crippen LogP contribution in [0.15, 0.2) is 34.4 Å². The van der Waals surface area contributed by atoms with Gasteiger partial charge in [-0.2, -0.15) is 0 Å². The van der Waals surface area contributed by atoms with Crippen LogP contribution in [-0.2, 0) is 11.3 Å². The van der Waals surface area contributed by atoms with Crippen LogP contribution < -0.4 is 5.56 Å². The van der Waals surface area contributed by atoms with Gasteiger partial charge in [-0.3, -0.25) is 14.5 Å². The van der Waals surface area contributed by atoms with Crippen LogP contribution in [0.2, 0.25) is 5.02 Å². The Hall–Kier alpha value is -2.22. The number of carbonyl (C=O) groups excluding carboxylic acids is 1. The highest BCUT2D eigenvalue weighted by molar-refractivity contribution is 7.17. The number of thiophene rings is 1. The molecule has 27 heavy (non-hydrogen) atoms. The molecule has 1 aliphatic heterocycles. The fourth-order valence-electron chi connectivity index (χ4n) is 3.34. The third-order valence-electron chi connectivity index (χ3n) is 4.84. The molecule has 3 aromatic rings. The van der Waals surface area contributed by atoms with Crippen molar-refractivity contribution < 1.29 is 4.79 Å². The lowest BCUT2D eigenvalue weighted by molar-refractivity contribution is -0.130. The van der Waals surface area contributed by atoms with Gasteiger partial charge in [0.15, 0.2) is 0 Å². The molecule has 0 atom stereocenters. The zero-order valence-corrected chi connectivity index (χ0v) is 16.4. The number of fused-ring (bicyclic) bond motifs is 1. The number of benzene rings is 1. The second-order valence-corrected chi connectivity index (χ2v) is 7.93. The molecule has 140 valence electrons. The van der Waals surface area contributed by atoms with Crippen LogP contribution in [0, 0.1) is 0 Å². The van der Waals surface area contributed by atoms with Gasteiger partial charge in [-0.25, -0.2) is 4.98 Å². The zero-order chi connectivity index (χ0) is 19.0. The Kier molecular flexibility index (Phi) is 4.99. The van der Waals surface area contributed by atoms with E-state index in [2.05, 4.69) is 14.9 Å². The third-order valence-corrected chi connectivity index (χ3v) is 5.96. The Balaban J connectivity index is 1.57. The molecule has 1 amide bonds. The number of piperazine rings is 1. The second-order valence-electron chi connectivity index (χ2n) is 6.63. The monoisotopic (exact) mass is 402 g/mol. The van der Waals surface area contributed by atoms with Gasteiger partial charge in [-0.05, 0) is 17.7 Å². The molecule has 0 unspecified atom stereocenters. The number of halogens is 1. The van der Waals surface area contributed by atoms with E-state index in [9.17, 15) is 9.59 Å². The molecule has 1 N–H and O–H groups in total. The molecule has 1 aromatic carbocycles. The van der Waals surface area contributed by atoms with Crippen molar-refractivity contribution in [3.63, 3.8) is 0 Å². The van der Waals surface area contributed by atoms with Crippen LogP contribution in [0.5, 0.6) is 0 Å². The minimum Gasteiger partial charge on any atom is -0.340 e. The van der Waals surface area contributed by atoms with Crippen LogP contribution in [0.25, 0.3) is 21.3 Å². The number of nitrogens with one attached hydrogen (secondary N) is 1. The predicted octanol–water partition coefficient (Wildman–Crippen LogP) is 2.97. The fraction of sp³-hybridized carbons (Fsp3) is 0.316. The van der Waals surface area contributed by atoms with E-state index in [0.717, 1.165) is 29.0 Å². The normalized spacial score (nSPS) is 15.4. The first-order valence-corrected chi connectivity index (χ1v) is 10.0. The third kappa shape index (κ3) is 3.76. The van der Waals surface area contributed by atoms with Crippen molar-refractivity contribution in [3.05, 3.63) is 50.8 Å². The van der Waals surface area contributed by atoms with Gasteiger partial charge in [0.05, 0.1) is 11.9 Å². The molecule has 4 rings (SSSR count). The van der Waals surface area contributed by atoms with Crippen LogP contribution in [0.4, 0.5) is 0 Å². The van der Waals surface area contributed by atoms with Gasteiger partial charge >= 0.3 is 0 Å². The summed E-state index contributed by atoms with van der Waals surface area (Å²) < 4.78 is 0. The number of rotatable bonds is 3. The van der Waals surface area contributed by atoms with E-state index >= 15 is 0 Å². The van der Waals surface area contributed by atoms with Gasteiger partial charge in [0, 0.05) is 49.1 Å². The molecule has 6 nitrogen and oxygen atoms in total. The highest BCUT2D eigenvalue weighted by Gasteiger charge is 2.20. The summed E-state index contributed by atoms with van der Waals surface area (Å²) in [6.45, 7) is 5.15. The molecule has 3 heterocycles. The number of H-pyrrole nitrogens is 1. The summed E-state index contributed by atoms with van der Waals surface area (Å²) in [6.07, 6.45) is 0. The summed E-state index contributed by atoms with van der Waals surface area (Å²) in [4.78, 5) is 36.5. The average Bonchev–Trinajstić information content (AvgIpc) is 3.07. The van der Waals surface area contributed by atoms with Crippen LogP contribution in [-0.4, -0.2) is 51.9 Å². The molecule has 0 saturated carbocycles. The number of hydrogen-bond acceptors (Lipinski definition) is 5. The summed E-state index contributed by atoms with van der Waals surface area (Å²) in [7, 11) is 0. The predicted molar refractivity (Wildman–Crippen MR) is 108 cm³/mol. The fourth-order valence-corrected chi connectivity index (χ4v) is 4.44. The minimum atomic E-state index is -0.122. The summed E-state index contributed by atoms with van der Waals surface area (Å²) in [5.41, 5.74) is 1.71. The summed E-state index contributed by atoms with van der Waals surface area (Å²) in [5.74, 6) is 0.768. The van der Waals surface area contributed by atoms with Gasteiger partial charge in [0.2, 0.25) is 5.91 Å². The average molecular weight is 403 g/mol. The van der Waals surface area contributed by atoms with E-state index in [4.69, 9.17) is 11.6 Å². The van der Waals surface area contributed by atoms with Crippen LogP contribution in [0.1, 0.15) is 12.7 Å². The summed E-state index contributed by atoms with van der Waals surface area (Å²) >= 11 is 7.43. The van der Waals surface area contributed by atoms with E-state index in [0.29, 0.717) is 35.9 Å². The number of hydrogen-bond donors (Lipinski definition) is 1. The molecule has 0 radical (unpaired) electrons. The molecule has 2 aromatic heterocycles. The highest BCUT2D eigenvalue weighted by Crippen LogP contribution is 2.31. The zero-order valence-electron chi connectivity index (χ0n) is 14.9. The largest absolute Gasteiger partial charge is 0.340 e. The maximum atomic E-state index is 12.7. The second kappa shape index (κ2) is 7.42. The molecule has 0 aliphatic carbocycles. The van der Waals surface area contributed by atoms with Crippen LogP contribution in [0.3, 0.4) is 0 Å². The van der Waals surface area contributed by atoms with E-state index in [1.54, 1.807) is 6.92 Å². The molecular weight excluding hydrogens is 384 g/mol. The Morgan fingerprint density at radius 2 is 1.93 bits per heavy atom. The van der Waals surface area contributed by atoms with Gasteiger partial charge < -0.3 is 9.88 Å². The summed E-state index contributed by atoms with van der Waals surface area (Å²) in [5, 5.41) is 3.25. The Bertz CT molecular complexity index is 1040. The lowest BCUT2D eigenvalue weighted by Gasteiger charge is -2.33. The van der Waals surface area contributed by atoms with Crippen molar-refractivity contribution in [1.82, 2.24) is 19.8 Å². The first-order chi connectivity index (χ1) is 13.0. The van der Waals surface area contributed by atoms with Gasteiger partial charge in [0.1, 0.15) is 10.7 Å². The quantitative estimate of drug-likeness (QED) is 0.731. The van der Waals surface area contributed by atoms with Crippen molar-refractivity contribution in [3.8, 4) is 11.1 Å². The van der Waals surface area contributed by atoms with Crippen molar-refractivity contribution in [1.29, 1.82) is 0 Å². The maximum Gasteiger partial charge on any atom is 0.260 e. The van der Waals surface area contributed by atoms with E-state index in [1.165, 1.54) is 11.3 Å². The highest BCUT2D eigenvalue weighted by atomic mass is 35.5. The lowest BCUT2D eigenvalue weighted by atomic mass is 10.1. The van der Waals surface area contributed by atoms with Gasteiger partial charge in [0.25, 0.3) is 5.56 Å². The number of amides is 1. The number of aromatic nitrogens is 2. The maximum absolute atomic E-state index is 12.7. The molecule has 8 heteroatoms. The SMILES string of the molecule is CC(=O)N1CCN(Cc2nc3scc(-c4ccc(Cl)cc4)c3c(=O)[nH]2)CC1. The lowest BCUT2D eigenvalue weighted by Crippen LogP contribution is -2.47. The first kappa shape index (κ1) is 18.2. The Morgan fingerprint density at radius 1 is 1.22 bits per heavy atom.